The Hall–Kier alpha value is -1.88. The Morgan fingerprint density at radius 3 is 3.00 bits per heavy atom. The van der Waals surface area contributed by atoms with Crippen LogP contribution in [0, 0.1) is 6.92 Å². The first kappa shape index (κ1) is 9.35. The van der Waals surface area contributed by atoms with Crippen LogP contribution < -0.4 is 5.73 Å². The number of aryl methyl sites for hydroxylation is 1. The van der Waals surface area contributed by atoms with E-state index < -0.39 is 0 Å². The number of benzene rings is 1. The number of hydrogen-bond donors (Lipinski definition) is 2. The molecule has 0 amide bonds. The summed E-state index contributed by atoms with van der Waals surface area (Å²) >= 11 is 1.63. The monoisotopic (exact) mass is 230 g/mol. The van der Waals surface area contributed by atoms with Crippen LogP contribution in [0.2, 0.25) is 0 Å². The minimum atomic E-state index is 0.566. The van der Waals surface area contributed by atoms with Crippen LogP contribution in [-0.4, -0.2) is 15.2 Å². The van der Waals surface area contributed by atoms with Crippen LogP contribution in [0.3, 0.4) is 0 Å². The minimum absolute atomic E-state index is 0.566. The van der Waals surface area contributed by atoms with Gasteiger partial charge in [0.1, 0.15) is 10.8 Å². The van der Waals surface area contributed by atoms with Crippen molar-refractivity contribution in [3.8, 4) is 10.6 Å². The molecule has 4 nitrogen and oxygen atoms in total. The summed E-state index contributed by atoms with van der Waals surface area (Å²) in [6.45, 7) is 2.07. The fourth-order valence-electron chi connectivity index (χ4n) is 1.61. The van der Waals surface area contributed by atoms with E-state index in [4.69, 9.17) is 5.73 Å². The zero-order chi connectivity index (χ0) is 11.1. The van der Waals surface area contributed by atoms with Gasteiger partial charge in [-0.05, 0) is 24.6 Å². The van der Waals surface area contributed by atoms with Gasteiger partial charge in [-0.1, -0.05) is 6.07 Å². The van der Waals surface area contributed by atoms with Gasteiger partial charge in [0.05, 0.1) is 22.0 Å². The van der Waals surface area contributed by atoms with E-state index in [1.54, 1.807) is 17.5 Å². The molecule has 5 heteroatoms. The smallest absolute Gasteiger partial charge is 0.129 e. The molecule has 0 aliphatic carbocycles. The van der Waals surface area contributed by atoms with E-state index in [-0.39, 0.29) is 0 Å². The minimum Gasteiger partial charge on any atom is -0.383 e. The molecule has 80 valence electrons. The molecule has 0 saturated carbocycles. The Labute approximate surface area is 96.1 Å². The van der Waals surface area contributed by atoms with Crippen molar-refractivity contribution in [3.63, 3.8) is 0 Å². The van der Waals surface area contributed by atoms with Gasteiger partial charge in [0.15, 0.2) is 0 Å². The van der Waals surface area contributed by atoms with Crippen LogP contribution in [0.1, 0.15) is 5.56 Å². The van der Waals surface area contributed by atoms with Gasteiger partial charge in [0, 0.05) is 0 Å². The Kier molecular flexibility index (Phi) is 1.94. The highest BCUT2D eigenvalue weighted by Gasteiger charge is 2.10. The normalized spacial score (nSPS) is 11.1. The van der Waals surface area contributed by atoms with Crippen molar-refractivity contribution in [2.45, 2.75) is 6.92 Å². The first-order valence-corrected chi connectivity index (χ1v) is 5.72. The van der Waals surface area contributed by atoms with E-state index in [2.05, 4.69) is 34.2 Å². The SMILES string of the molecule is Cc1ccc2nc(-c3cn[nH]c3N)sc2c1. The second kappa shape index (κ2) is 3.31. The number of nitrogens with one attached hydrogen (secondary N) is 1. The number of nitrogens with two attached hydrogens (primary N) is 1. The third kappa shape index (κ3) is 1.37. The van der Waals surface area contributed by atoms with Crippen molar-refractivity contribution in [2.75, 3.05) is 5.73 Å². The first-order valence-electron chi connectivity index (χ1n) is 4.90. The highest BCUT2D eigenvalue weighted by atomic mass is 32.1. The molecule has 0 radical (unpaired) electrons. The molecule has 0 bridgehead atoms. The lowest BCUT2D eigenvalue weighted by atomic mass is 10.2. The third-order valence-corrected chi connectivity index (χ3v) is 3.49. The van der Waals surface area contributed by atoms with E-state index in [1.807, 2.05) is 6.07 Å². The van der Waals surface area contributed by atoms with Gasteiger partial charge in [-0.25, -0.2) is 4.98 Å². The summed E-state index contributed by atoms with van der Waals surface area (Å²) in [5.74, 6) is 0.566. The zero-order valence-electron chi connectivity index (χ0n) is 8.69. The van der Waals surface area contributed by atoms with Crippen LogP contribution in [0.25, 0.3) is 20.8 Å². The molecular formula is C11H10N4S. The summed E-state index contributed by atoms with van der Waals surface area (Å²) in [6.07, 6.45) is 1.71. The predicted octanol–water partition coefficient (Wildman–Crippen LogP) is 2.58. The molecule has 3 N–H and O–H groups in total. The molecule has 2 aromatic heterocycles. The van der Waals surface area contributed by atoms with Crippen LogP contribution in [0.4, 0.5) is 5.82 Å². The highest BCUT2D eigenvalue weighted by Crippen LogP contribution is 2.32. The summed E-state index contributed by atoms with van der Waals surface area (Å²) in [4.78, 5) is 4.54. The molecule has 0 fully saturated rings. The van der Waals surface area contributed by atoms with Crippen molar-refractivity contribution in [1.29, 1.82) is 0 Å². The molecule has 0 aliphatic rings. The lowest BCUT2D eigenvalue weighted by Gasteiger charge is -1.89. The topological polar surface area (TPSA) is 67.6 Å². The van der Waals surface area contributed by atoms with Gasteiger partial charge in [-0.15, -0.1) is 11.3 Å². The van der Waals surface area contributed by atoms with Crippen molar-refractivity contribution >= 4 is 27.4 Å². The molecule has 0 spiro atoms. The second-order valence-electron chi connectivity index (χ2n) is 3.69. The lowest BCUT2D eigenvalue weighted by molar-refractivity contribution is 1.10. The lowest BCUT2D eigenvalue weighted by Crippen LogP contribution is -1.86. The van der Waals surface area contributed by atoms with Gasteiger partial charge in [-0.2, -0.15) is 5.10 Å². The maximum Gasteiger partial charge on any atom is 0.129 e. The molecule has 1 aromatic carbocycles. The summed E-state index contributed by atoms with van der Waals surface area (Å²) in [5, 5.41) is 7.53. The predicted molar refractivity (Wildman–Crippen MR) is 66.4 cm³/mol. The molecule has 0 saturated heterocycles. The molecule has 3 rings (SSSR count). The average Bonchev–Trinajstić information content (AvgIpc) is 2.82. The number of rotatable bonds is 1. The quantitative estimate of drug-likeness (QED) is 0.675. The van der Waals surface area contributed by atoms with Gasteiger partial charge >= 0.3 is 0 Å². The average molecular weight is 230 g/mol. The molecular weight excluding hydrogens is 220 g/mol. The van der Waals surface area contributed by atoms with Crippen LogP contribution in [-0.2, 0) is 0 Å². The first-order chi connectivity index (χ1) is 7.74. The maximum absolute atomic E-state index is 5.77. The van der Waals surface area contributed by atoms with Crippen LogP contribution >= 0.6 is 11.3 Å². The number of aromatic nitrogens is 3. The standard InChI is InChI=1S/C11H10N4S/c1-6-2-3-8-9(4-6)16-11(14-8)7-5-13-15-10(7)12/h2-5H,1H3,(H3,12,13,15). The second-order valence-corrected chi connectivity index (χ2v) is 4.72. The Bertz CT molecular complexity index is 653. The number of nitrogens with zero attached hydrogens (tertiary/aromatic N) is 2. The number of hydrogen-bond acceptors (Lipinski definition) is 4. The number of H-pyrrole nitrogens is 1. The largest absolute Gasteiger partial charge is 0.383 e. The third-order valence-electron chi connectivity index (χ3n) is 2.44. The van der Waals surface area contributed by atoms with Crippen molar-refractivity contribution < 1.29 is 0 Å². The van der Waals surface area contributed by atoms with Gasteiger partial charge < -0.3 is 5.73 Å². The molecule has 0 atom stereocenters. The van der Waals surface area contributed by atoms with Crippen molar-refractivity contribution in [3.05, 3.63) is 30.0 Å². The number of anilines is 1. The Morgan fingerprint density at radius 2 is 2.25 bits per heavy atom. The molecule has 16 heavy (non-hydrogen) atoms. The number of nitrogen functional groups attached to an aromatic ring is 1. The fourth-order valence-corrected chi connectivity index (χ4v) is 2.70. The molecule has 3 aromatic rings. The van der Waals surface area contributed by atoms with E-state index in [0.717, 1.165) is 16.1 Å². The summed E-state index contributed by atoms with van der Waals surface area (Å²) in [5.41, 5.74) is 8.89. The van der Waals surface area contributed by atoms with Crippen LogP contribution in [0.5, 0.6) is 0 Å². The van der Waals surface area contributed by atoms with E-state index >= 15 is 0 Å². The fraction of sp³-hybridized carbons (Fsp3) is 0.0909. The summed E-state index contributed by atoms with van der Waals surface area (Å²) in [7, 11) is 0. The Morgan fingerprint density at radius 1 is 1.38 bits per heavy atom. The van der Waals surface area contributed by atoms with E-state index in [9.17, 15) is 0 Å². The van der Waals surface area contributed by atoms with Gasteiger partial charge in [-0.3, -0.25) is 5.10 Å². The van der Waals surface area contributed by atoms with Gasteiger partial charge in [0.25, 0.3) is 0 Å². The van der Waals surface area contributed by atoms with Crippen molar-refractivity contribution in [2.24, 2.45) is 0 Å². The van der Waals surface area contributed by atoms with E-state index in [0.29, 0.717) is 5.82 Å². The Balaban J connectivity index is 2.23. The molecule has 0 aliphatic heterocycles. The maximum atomic E-state index is 5.77. The highest BCUT2D eigenvalue weighted by molar-refractivity contribution is 7.21. The summed E-state index contributed by atoms with van der Waals surface area (Å²) in [6, 6.07) is 6.22. The van der Waals surface area contributed by atoms with Crippen LogP contribution in [0.15, 0.2) is 24.4 Å². The molecule has 0 unspecified atom stereocenters. The number of aromatic amines is 1. The van der Waals surface area contributed by atoms with Gasteiger partial charge in [0.2, 0.25) is 0 Å². The summed E-state index contributed by atoms with van der Waals surface area (Å²) < 4.78 is 1.18. The number of fused-ring (bicyclic) bond motifs is 1. The number of thiazole rings is 1. The van der Waals surface area contributed by atoms with E-state index in [1.165, 1.54) is 10.3 Å². The zero-order valence-corrected chi connectivity index (χ0v) is 9.51. The van der Waals surface area contributed by atoms with Crippen molar-refractivity contribution in [1.82, 2.24) is 15.2 Å². The molecule has 2 heterocycles.